The zero-order chi connectivity index (χ0) is 41.6. The van der Waals surface area contributed by atoms with Crippen molar-refractivity contribution in [2.24, 2.45) is 0 Å². The average Bonchev–Trinajstić information content (AvgIpc) is 3.47. The minimum absolute atomic E-state index is 0.203. The van der Waals surface area contributed by atoms with Crippen molar-refractivity contribution in [3.8, 4) is 5.75 Å². The molecule has 0 saturated heterocycles. The van der Waals surface area contributed by atoms with Crippen LogP contribution in [0.25, 0.3) is 0 Å². The van der Waals surface area contributed by atoms with Crippen molar-refractivity contribution in [3.05, 3.63) is 131 Å². The van der Waals surface area contributed by atoms with Gasteiger partial charge in [-0.2, -0.15) is 0 Å². The molecule has 0 spiro atoms. The quantitative estimate of drug-likeness (QED) is 0.0716. The molecule has 11 nitrogen and oxygen atoms in total. The number of nitrogens with one attached hydrogen (secondary N) is 1. The van der Waals surface area contributed by atoms with Crippen LogP contribution in [0.2, 0.25) is 0 Å². The highest BCUT2D eigenvalue weighted by Crippen LogP contribution is 2.24. The number of methoxy groups -OCH3 is 4. The lowest BCUT2D eigenvalue weighted by Crippen LogP contribution is -2.16. The van der Waals surface area contributed by atoms with E-state index < -0.39 is 0 Å². The summed E-state index contributed by atoms with van der Waals surface area (Å²) >= 11 is 13.5. The first-order valence-corrected chi connectivity index (χ1v) is 20.6. The first-order chi connectivity index (χ1) is 26.8. The number of alkyl halides is 1. The predicted octanol–water partition coefficient (Wildman–Crippen LogP) is 9.18. The Hall–Kier alpha value is -3.60. The number of unbranched alkanes of at least 4 members (excludes halogenated alkanes) is 1. The zero-order valence-electron chi connectivity index (χ0n) is 31.7. The van der Waals surface area contributed by atoms with E-state index in [-0.39, 0.29) is 30.5 Å². The highest BCUT2D eigenvalue weighted by Gasteiger charge is 2.13. The summed E-state index contributed by atoms with van der Waals surface area (Å²) in [6.07, 6.45) is 2.51. The van der Waals surface area contributed by atoms with E-state index in [9.17, 15) is 19.2 Å². The molecule has 0 bridgehead atoms. The molecule has 302 valence electrons. The Morgan fingerprint density at radius 1 is 0.661 bits per heavy atom. The molecule has 1 aliphatic rings. The standard InChI is InChI=1S/C12H15BrO3.C11H13NO3.C9H8Br2O2.C9H9BrO2/c1-16-12(15)10-5-6-11(13)9(8-10)4-2-3-7-14;1-14-11(13)8-2-3-10-9(6-8)7-12-4-5-15-10;1-13-9(12)6-2-3-8(11)7(4-6)5-10;1-6-5-7(9(11)12-2)3-4-8(6)10/h5-6,8,14H,2-4,7H2,1H3;2-3,6,12H,4-5,7H2,1H3;2-4H,5H2,1H3;3-5H,1-2H3. The number of carbonyl (C=O) groups is 4. The monoisotopic (exact) mass is 1030 g/mol. The summed E-state index contributed by atoms with van der Waals surface area (Å²) in [5.41, 5.74) is 6.39. The SMILES string of the molecule is COC(=O)c1ccc(Br)c(C)c1.COC(=O)c1ccc(Br)c(CBr)c1.COC(=O)c1ccc(Br)c(CCCCO)c1.COC(=O)c1ccc2c(c1)CNCCO2. The summed E-state index contributed by atoms with van der Waals surface area (Å²) in [6, 6.07) is 21.4. The molecule has 4 aromatic carbocycles. The van der Waals surface area contributed by atoms with Gasteiger partial charge in [0.2, 0.25) is 0 Å². The minimum Gasteiger partial charge on any atom is -0.492 e. The van der Waals surface area contributed by atoms with E-state index in [0.29, 0.717) is 34.2 Å². The fourth-order valence-corrected chi connectivity index (χ4v) is 6.73. The Morgan fingerprint density at radius 3 is 1.62 bits per heavy atom. The molecular weight excluding hydrogens is 986 g/mol. The normalized spacial score (nSPS) is 11.2. The van der Waals surface area contributed by atoms with Gasteiger partial charge in [-0.3, -0.25) is 0 Å². The van der Waals surface area contributed by atoms with Crippen LogP contribution in [0.15, 0.2) is 86.2 Å². The second-order valence-corrected chi connectivity index (χ2v) is 14.8. The zero-order valence-corrected chi connectivity index (χ0v) is 38.1. The second-order valence-electron chi connectivity index (χ2n) is 11.7. The number of hydrogen-bond donors (Lipinski definition) is 2. The van der Waals surface area contributed by atoms with E-state index in [1.807, 2.05) is 37.3 Å². The minimum atomic E-state index is -0.323. The van der Waals surface area contributed by atoms with Crippen molar-refractivity contribution in [2.75, 3.05) is 48.2 Å². The summed E-state index contributed by atoms with van der Waals surface area (Å²) in [6.45, 7) is 4.33. The van der Waals surface area contributed by atoms with Crippen LogP contribution in [-0.4, -0.2) is 77.2 Å². The molecule has 0 atom stereocenters. The predicted molar refractivity (Wildman–Crippen MR) is 229 cm³/mol. The number of benzene rings is 4. The average molecular weight is 1030 g/mol. The van der Waals surface area contributed by atoms with E-state index in [0.717, 1.165) is 73.8 Å². The molecule has 0 unspecified atom stereocenters. The summed E-state index contributed by atoms with van der Waals surface area (Å²) < 4.78 is 27.0. The number of fused-ring (bicyclic) bond motifs is 1. The lowest BCUT2D eigenvalue weighted by atomic mass is 10.1. The van der Waals surface area contributed by atoms with Crippen molar-refractivity contribution in [3.63, 3.8) is 0 Å². The Labute approximate surface area is 361 Å². The molecule has 0 aromatic heterocycles. The lowest BCUT2D eigenvalue weighted by molar-refractivity contribution is 0.0591. The molecule has 4 aromatic rings. The maximum Gasteiger partial charge on any atom is 0.337 e. The number of ether oxygens (including phenoxy) is 5. The second kappa shape index (κ2) is 26.3. The molecule has 5 rings (SSSR count). The molecule has 1 heterocycles. The van der Waals surface area contributed by atoms with Gasteiger partial charge in [0.25, 0.3) is 0 Å². The van der Waals surface area contributed by atoms with Crippen LogP contribution >= 0.6 is 63.7 Å². The fourth-order valence-electron chi connectivity index (χ4n) is 4.81. The van der Waals surface area contributed by atoms with Crippen molar-refractivity contribution in [2.45, 2.75) is 38.1 Å². The number of carbonyl (C=O) groups excluding carboxylic acids is 4. The third-order valence-corrected chi connectivity index (χ3v) is 10.9. The Morgan fingerprint density at radius 2 is 1.12 bits per heavy atom. The number of halogens is 4. The first kappa shape index (κ1) is 48.5. The maximum atomic E-state index is 11.3. The van der Waals surface area contributed by atoms with Crippen molar-refractivity contribution in [1.29, 1.82) is 0 Å². The van der Waals surface area contributed by atoms with Crippen LogP contribution < -0.4 is 10.1 Å². The molecule has 0 aliphatic carbocycles. The Bertz CT molecular complexity index is 1920. The summed E-state index contributed by atoms with van der Waals surface area (Å²) in [5, 5.41) is 12.6. The summed E-state index contributed by atoms with van der Waals surface area (Å²) in [4.78, 5) is 44.8. The van der Waals surface area contributed by atoms with Crippen molar-refractivity contribution < 1.29 is 48.0 Å². The number of esters is 4. The van der Waals surface area contributed by atoms with Crippen LogP contribution in [0.1, 0.15) is 76.5 Å². The third-order valence-electron chi connectivity index (χ3n) is 7.84. The number of hydrogen-bond acceptors (Lipinski definition) is 11. The molecule has 0 radical (unpaired) electrons. The molecule has 56 heavy (non-hydrogen) atoms. The van der Waals surface area contributed by atoms with Gasteiger partial charge in [0, 0.05) is 44.0 Å². The van der Waals surface area contributed by atoms with Crippen LogP contribution in [0.3, 0.4) is 0 Å². The van der Waals surface area contributed by atoms with E-state index in [4.69, 9.17) is 9.84 Å². The van der Waals surface area contributed by atoms with Gasteiger partial charge in [-0.05, 0) is 116 Å². The van der Waals surface area contributed by atoms with Crippen LogP contribution in [-0.2, 0) is 37.2 Å². The van der Waals surface area contributed by atoms with Crippen LogP contribution in [0.4, 0.5) is 0 Å². The Balaban J connectivity index is 0.000000259. The molecule has 0 fully saturated rings. The van der Waals surface area contributed by atoms with Gasteiger partial charge in [0.1, 0.15) is 12.4 Å². The number of aliphatic hydroxyl groups excluding tert-OH is 1. The summed E-state index contributed by atoms with van der Waals surface area (Å²) in [5.74, 6) is -0.411. The maximum absolute atomic E-state index is 11.3. The molecular formula is C41H45Br4NO10. The van der Waals surface area contributed by atoms with Gasteiger partial charge in [0.05, 0.1) is 50.7 Å². The largest absolute Gasteiger partial charge is 0.492 e. The van der Waals surface area contributed by atoms with Gasteiger partial charge in [-0.25, -0.2) is 19.2 Å². The fraction of sp³-hybridized carbons (Fsp3) is 0.317. The van der Waals surface area contributed by atoms with E-state index >= 15 is 0 Å². The van der Waals surface area contributed by atoms with Gasteiger partial charge < -0.3 is 34.1 Å². The van der Waals surface area contributed by atoms with E-state index in [1.165, 1.54) is 28.4 Å². The molecule has 0 amide bonds. The van der Waals surface area contributed by atoms with Crippen LogP contribution in [0, 0.1) is 6.92 Å². The smallest absolute Gasteiger partial charge is 0.337 e. The van der Waals surface area contributed by atoms with E-state index in [2.05, 4.69) is 88.0 Å². The van der Waals surface area contributed by atoms with Gasteiger partial charge in [0.15, 0.2) is 0 Å². The highest BCUT2D eigenvalue weighted by molar-refractivity contribution is 9.11. The summed E-state index contributed by atoms with van der Waals surface area (Å²) in [7, 11) is 5.50. The van der Waals surface area contributed by atoms with Gasteiger partial charge in [-0.15, -0.1) is 0 Å². The molecule has 2 N–H and O–H groups in total. The molecule has 15 heteroatoms. The third kappa shape index (κ3) is 16.1. The van der Waals surface area contributed by atoms with Gasteiger partial charge in [-0.1, -0.05) is 63.7 Å². The molecule has 0 saturated carbocycles. The topological polar surface area (TPSA) is 147 Å². The Kier molecular flexibility index (Phi) is 22.8. The lowest BCUT2D eigenvalue weighted by Gasteiger charge is -2.07. The number of aryl methyl sites for hydroxylation is 2. The van der Waals surface area contributed by atoms with E-state index in [1.54, 1.807) is 42.5 Å². The van der Waals surface area contributed by atoms with Crippen molar-refractivity contribution >= 4 is 87.6 Å². The first-order valence-electron chi connectivity index (χ1n) is 17.1. The van der Waals surface area contributed by atoms with Crippen LogP contribution in [0.5, 0.6) is 5.75 Å². The number of aliphatic hydroxyl groups is 1. The highest BCUT2D eigenvalue weighted by atomic mass is 79.9. The molecule has 1 aliphatic heterocycles. The number of rotatable bonds is 9. The van der Waals surface area contributed by atoms with Crippen molar-refractivity contribution in [1.82, 2.24) is 5.32 Å². The van der Waals surface area contributed by atoms with Gasteiger partial charge >= 0.3 is 23.9 Å².